The van der Waals surface area contributed by atoms with E-state index < -0.39 is 16.0 Å². The first-order valence-corrected chi connectivity index (χ1v) is 10.9. The van der Waals surface area contributed by atoms with Gasteiger partial charge in [-0.3, -0.25) is 0 Å². The van der Waals surface area contributed by atoms with Crippen molar-refractivity contribution in [2.24, 2.45) is 5.10 Å². The number of halogens is 2. The Kier molecular flexibility index (Phi) is 6.68. The Balaban J connectivity index is 1.79. The van der Waals surface area contributed by atoms with Crippen LogP contribution in [-0.4, -0.2) is 20.6 Å². The van der Waals surface area contributed by atoms with Crippen LogP contribution in [-0.2, 0) is 10.0 Å². The van der Waals surface area contributed by atoms with Crippen molar-refractivity contribution in [2.75, 3.05) is 0 Å². The van der Waals surface area contributed by atoms with Gasteiger partial charge in [0, 0.05) is 15.1 Å². The smallest absolute Gasteiger partial charge is 0.343 e. The molecule has 0 aliphatic carbocycles. The molecule has 0 aliphatic rings. The van der Waals surface area contributed by atoms with Gasteiger partial charge in [0.25, 0.3) is 10.0 Å². The fourth-order valence-electron chi connectivity index (χ4n) is 2.28. The number of rotatable bonds is 6. The predicted octanol–water partition coefficient (Wildman–Crippen LogP) is 4.63. The van der Waals surface area contributed by atoms with Crippen molar-refractivity contribution >= 4 is 49.7 Å². The molecule has 0 saturated heterocycles. The molecule has 1 N–H and O–H groups in total. The van der Waals surface area contributed by atoms with Crippen LogP contribution < -0.4 is 9.57 Å². The third-order valence-electron chi connectivity index (χ3n) is 3.68. The lowest BCUT2D eigenvalue weighted by Crippen LogP contribution is -2.18. The standard InChI is InChI=1S/C20H14BrClN2O4S/c21-16-6-11-19(28-20(25)14-4-2-1-3-5-14)15(12-16)13-23-24-29(26,27)18-9-7-17(22)8-10-18/h1-13,24H/b23-13+. The molecule has 3 aromatic carbocycles. The van der Waals surface area contributed by atoms with Gasteiger partial charge in [0.2, 0.25) is 0 Å². The summed E-state index contributed by atoms with van der Waals surface area (Å²) < 4.78 is 30.7. The largest absolute Gasteiger partial charge is 0.422 e. The zero-order valence-corrected chi connectivity index (χ0v) is 17.9. The van der Waals surface area contributed by atoms with E-state index in [0.29, 0.717) is 20.6 Å². The fraction of sp³-hybridized carbons (Fsp3) is 0. The Hall–Kier alpha value is -2.68. The van der Waals surface area contributed by atoms with E-state index in [1.165, 1.54) is 30.5 Å². The number of benzene rings is 3. The van der Waals surface area contributed by atoms with Crippen LogP contribution in [0.25, 0.3) is 0 Å². The molecule has 148 valence electrons. The summed E-state index contributed by atoms with van der Waals surface area (Å²) >= 11 is 9.10. The number of nitrogens with zero attached hydrogens (tertiary/aromatic N) is 1. The van der Waals surface area contributed by atoms with Gasteiger partial charge >= 0.3 is 5.97 Å². The summed E-state index contributed by atoms with van der Waals surface area (Å²) in [5, 5.41) is 4.21. The molecule has 0 amide bonds. The lowest BCUT2D eigenvalue weighted by atomic mass is 10.2. The van der Waals surface area contributed by atoms with Gasteiger partial charge in [-0.2, -0.15) is 13.5 Å². The van der Waals surface area contributed by atoms with Gasteiger partial charge in [-0.05, 0) is 54.6 Å². The van der Waals surface area contributed by atoms with E-state index in [1.54, 1.807) is 48.5 Å². The summed E-state index contributed by atoms with van der Waals surface area (Å²) in [5.41, 5.74) is 0.796. The number of carbonyl (C=O) groups is 1. The number of hydrazone groups is 1. The lowest BCUT2D eigenvalue weighted by Gasteiger charge is -2.08. The molecular formula is C20H14BrClN2O4S. The molecule has 0 aliphatic heterocycles. The third-order valence-corrected chi connectivity index (χ3v) is 5.67. The molecule has 3 rings (SSSR count). The summed E-state index contributed by atoms with van der Waals surface area (Å²) in [5.74, 6) is -0.305. The topological polar surface area (TPSA) is 84.8 Å². The highest BCUT2D eigenvalue weighted by Gasteiger charge is 2.13. The van der Waals surface area contributed by atoms with Gasteiger partial charge in [-0.25, -0.2) is 9.63 Å². The average Bonchev–Trinajstić information content (AvgIpc) is 2.71. The fourth-order valence-corrected chi connectivity index (χ4v) is 3.57. The molecule has 0 spiro atoms. The number of esters is 1. The maximum Gasteiger partial charge on any atom is 0.343 e. The maximum atomic E-state index is 12.3. The monoisotopic (exact) mass is 492 g/mol. The van der Waals surface area contributed by atoms with E-state index >= 15 is 0 Å². The number of nitrogens with one attached hydrogen (secondary N) is 1. The molecule has 0 fully saturated rings. The molecule has 0 bridgehead atoms. The highest BCUT2D eigenvalue weighted by atomic mass is 79.9. The van der Waals surface area contributed by atoms with E-state index in [2.05, 4.69) is 25.9 Å². The number of ether oxygens (including phenoxy) is 1. The Bertz CT molecular complexity index is 1150. The minimum atomic E-state index is -3.86. The third kappa shape index (κ3) is 5.66. The number of hydrogen-bond donors (Lipinski definition) is 1. The van der Waals surface area contributed by atoms with Crippen LogP contribution in [0, 0.1) is 0 Å². The highest BCUT2D eigenvalue weighted by molar-refractivity contribution is 9.10. The van der Waals surface area contributed by atoms with Crippen molar-refractivity contribution in [3.63, 3.8) is 0 Å². The van der Waals surface area contributed by atoms with E-state index in [4.69, 9.17) is 16.3 Å². The Morgan fingerprint density at radius 2 is 1.72 bits per heavy atom. The van der Waals surface area contributed by atoms with Crippen molar-refractivity contribution in [3.8, 4) is 5.75 Å². The quantitative estimate of drug-likeness (QED) is 0.235. The second kappa shape index (κ2) is 9.21. The molecule has 0 aromatic heterocycles. The van der Waals surface area contributed by atoms with Gasteiger partial charge in [0.15, 0.2) is 0 Å². The van der Waals surface area contributed by atoms with Crippen molar-refractivity contribution in [3.05, 3.63) is 93.4 Å². The minimum absolute atomic E-state index is 0.0176. The minimum Gasteiger partial charge on any atom is -0.422 e. The predicted molar refractivity (Wildman–Crippen MR) is 115 cm³/mol. The molecule has 6 nitrogen and oxygen atoms in total. The van der Waals surface area contributed by atoms with Gasteiger partial charge in [-0.15, -0.1) is 0 Å². The molecular weight excluding hydrogens is 480 g/mol. The van der Waals surface area contributed by atoms with Crippen LogP contribution in [0.2, 0.25) is 5.02 Å². The van der Waals surface area contributed by atoms with Gasteiger partial charge < -0.3 is 4.74 Å². The second-order valence-corrected chi connectivity index (χ2v) is 8.76. The Labute approximate surface area is 181 Å². The first kappa shape index (κ1) is 21.0. The normalized spacial score (nSPS) is 11.4. The van der Waals surface area contributed by atoms with E-state index in [-0.39, 0.29) is 10.6 Å². The van der Waals surface area contributed by atoms with Crippen LogP contribution in [0.4, 0.5) is 0 Å². The van der Waals surface area contributed by atoms with E-state index in [1.807, 2.05) is 0 Å². The van der Waals surface area contributed by atoms with E-state index in [9.17, 15) is 13.2 Å². The van der Waals surface area contributed by atoms with Crippen LogP contribution in [0.5, 0.6) is 5.75 Å². The molecule has 9 heteroatoms. The summed E-state index contributed by atoms with van der Waals surface area (Å²) in [7, 11) is -3.86. The number of sulfonamides is 1. The van der Waals surface area contributed by atoms with Gasteiger partial charge in [-0.1, -0.05) is 45.7 Å². The van der Waals surface area contributed by atoms with Crippen LogP contribution in [0.15, 0.2) is 87.3 Å². The SMILES string of the molecule is O=C(Oc1ccc(Br)cc1/C=N/NS(=O)(=O)c1ccc(Cl)cc1)c1ccccc1. The highest BCUT2D eigenvalue weighted by Crippen LogP contribution is 2.23. The Morgan fingerprint density at radius 3 is 2.41 bits per heavy atom. The summed E-state index contributed by atoms with van der Waals surface area (Å²) in [6.07, 6.45) is 1.26. The first-order chi connectivity index (χ1) is 13.8. The second-order valence-electron chi connectivity index (χ2n) is 5.74. The molecule has 0 heterocycles. The van der Waals surface area contributed by atoms with Gasteiger partial charge in [0.05, 0.1) is 16.7 Å². The zero-order valence-electron chi connectivity index (χ0n) is 14.7. The van der Waals surface area contributed by atoms with Crippen molar-refractivity contribution < 1.29 is 17.9 Å². The molecule has 0 saturated carbocycles. The summed E-state index contributed by atoms with van der Waals surface area (Å²) in [6.45, 7) is 0. The summed E-state index contributed by atoms with van der Waals surface area (Å²) in [6, 6.07) is 19.1. The number of carbonyl (C=O) groups excluding carboxylic acids is 1. The molecule has 0 atom stereocenters. The van der Waals surface area contributed by atoms with Crippen LogP contribution in [0.3, 0.4) is 0 Å². The average molecular weight is 494 g/mol. The Morgan fingerprint density at radius 1 is 1.03 bits per heavy atom. The summed E-state index contributed by atoms with van der Waals surface area (Å²) in [4.78, 5) is 14.4. The molecule has 29 heavy (non-hydrogen) atoms. The van der Waals surface area contributed by atoms with Crippen LogP contribution in [0.1, 0.15) is 15.9 Å². The zero-order chi connectivity index (χ0) is 20.9. The number of hydrogen-bond acceptors (Lipinski definition) is 5. The van der Waals surface area contributed by atoms with Crippen molar-refractivity contribution in [1.82, 2.24) is 4.83 Å². The maximum absolute atomic E-state index is 12.3. The lowest BCUT2D eigenvalue weighted by molar-refractivity contribution is 0.0734. The molecule has 0 radical (unpaired) electrons. The van der Waals surface area contributed by atoms with Gasteiger partial charge in [0.1, 0.15) is 5.75 Å². The van der Waals surface area contributed by atoms with Crippen molar-refractivity contribution in [1.29, 1.82) is 0 Å². The van der Waals surface area contributed by atoms with Crippen LogP contribution >= 0.6 is 27.5 Å². The molecule has 3 aromatic rings. The first-order valence-electron chi connectivity index (χ1n) is 8.22. The van der Waals surface area contributed by atoms with E-state index in [0.717, 1.165) is 0 Å². The molecule has 0 unspecified atom stereocenters. The van der Waals surface area contributed by atoms with Crippen molar-refractivity contribution in [2.45, 2.75) is 4.90 Å².